The molecule has 0 radical (unpaired) electrons. The summed E-state index contributed by atoms with van der Waals surface area (Å²) in [5.74, 6) is 0.453. The lowest BCUT2D eigenvalue weighted by Crippen LogP contribution is -2.10. The molecule has 0 spiro atoms. The van der Waals surface area contributed by atoms with Crippen LogP contribution in [0.25, 0.3) is 0 Å². The van der Waals surface area contributed by atoms with Gasteiger partial charge in [0.1, 0.15) is 5.75 Å². The molecule has 0 saturated heterocycles. The zero-order valence-corrected chi connectivity index (χ0v) is 8.72. The third kappa shape index (κ3) is 1.63. The average Bonchev–Trinajstić information content (AvgIpc) is 1.99. The summed E-state index contributed by atoms with van der Waals surface area (Å²) in [7, 11) is -0.127. The van der Waals surface area contributed by atoms with Crippen molar-refractivity contribution in [2.45, 2.75) is 20.4 Å². The van der Waals surface area contributed by atoms with Crippen LogP contribution < -0.4 is 5.19 Å². The van der Waals surface area contributed by atoms with Gasteiger partial charge < -0.3 is 5.11 Å². The van der Waals surface area contributed by atoms with Crippen molar-refractivity contribution < 1.29 is 5.11 Å². The van der Waals surface area contributed by atoms with E-state index in [1.54, 1.807) is 0 Å². The van der Waals surface area contributed by atoms with Crippen LogP contribution in [0.2, 0.25) is 6.55 Å². The fraction of sp³-hybridized carbons (Fsp3) is 0.333. The van der Waals surface area contributed by atoms with E-state index in [0.717, 1.165) is 5.56 Å². The topological polar surface area (TPSA) is 20.2 Å². The van der Waals surface area contributed by atoms with Crippen molar-refractivity contribution in [2.75, 3.05) is 0 Å². The van der Waals surface area contributed by atoms with E-state index < -0.39 is 0 Å². The Labute approximate surface area is 69.9 Å². The minimum absolute atomic E-state index is 0.127. The summed E-state index contributed by atoms with van der Waals surface area (Å²) in [6.07, 6.45) is 0. The molecule has 0 amide bonds. The van der Waals surface area contributed by atoms with Crippen molar-refractivity contribution in [1.82, 2.24) is 0 Å². The standard InChI is InChI=1S/C9H14OSi/c1-6-4-8(11-3)5-9(10)7(6)2/h4-5,10H,11H2,1-3H3. The Kier molecular flexibility index (Phi) is 2.34. The second-order valence-corrected chi connectivity index (χ2v) is 4.43. The Bertz CT molecular complexity index is 245. The van der Waals surface area contributed by atoms with Crippen molar-refractivity contribution in [3.8, 4) is 5.75 Å². The molecule has 0 saturated carbocycles. The number of phenolic OH excluding ortho intramolecular Hbond substituents is 1. The van der Waals surface area contributed by atoms with Crippen LogP contribution in [0.3, 0.4) is 0 Å². The first-order valence-electron chi connectivity index (χ1n) is 3.94. The maximum absolute atomic E-state index is 9.43. The van der Waals surface area contributed by atoms with Gasteiger partial charge in [0.25, 0.3) is 0 Å². The monoisotopic (exact) mass is 166 g/mol. The van der Waals surface area contributed by atoms with Gasteiger partial charge in [0.2, 0.25) is 0 Å². The maximum Gasteiger partial charge on any atom is 0.118 e. The highest BCUT2D eigenvalue weighted by Gasteiger charge is 2.00. The van der Waals surface area contributed by atoms with Gasteiger partial charge in [-0.05, 0) is 31.0 Å². The van der Waals surface area contributed by atoms with Crippen LogP contribution in [0.15, 0.2) is 12.1 Å². The van der Waals surface area contributed by atoms with Crippen LogP contribution in [0.1, 0.15) is 11.1 Å². The molecule has 1 N–H and O–H groups in total. The van der Waals surface area contributed by atoms with Crippen molar-refractivity contribution in [1.29, 1.82) is 0 Å². The van der Waals surface area contributed by atoms with Gasteiger partial charge in [-0.2, -0.15) is 0 Å². The van der Waals surface area contributed by atoms with Crippen LogP contribution >= 0.6 is 0 Å². The Morgan fingerprint density at radius 3 is 2.36 bits per heavy atom. The molecule has 0 atom stereocenters. The van der Waals surface area contributed by atoms with Crippen molar-refractivity contribution in [3.63, 3.8) is 0 Å². The van der Waals surface area contributed by atoms with E-state index >= 15 is 0 Å². The molecule has 0 fully saturated rings. The SMILES string of the molecule is C[SiH2]c1cc(C)c(C)c(O)c1. The summed E-state index contributed by atoms with van der Waals surface area (Å²) in [5, 5.41) is 10.8. The first-order valence-corrected chi connectivity index (χ1v) is 6.06. The third-order valence-corrected chi connectivity index (χ3v) is 3.33. The summed E-state index contributed by atoms with van der Waals surface area (Å²) < 4.78 is 0. The molecular weight excluding hydrogens is 152 g/mol. The van der Waals surface area contributed by atoms with Gasteiger partial charge in [-0.1, -0.05) is 17.8 Å². The zero-order valence-electron chi connectivity index (χ0n) is 7.31. The molecule has 0 bridgehead atoms. The highest BCUT2D eigenvalue weighted by atomic mass is 28.2. The molecule has 0 aliphatic carbocycles. The van der Waals surface area contributed by atoms with Crippen molar-refractivity contribution in [2.24, 2.45) is 0 Å². The number of phenols is 1. The minimum Gasteiger partial charge on any atom is -0.508 e. The Balaban J connectivity index is 3.21. The fourth-order valence-electron chi connectivity index (χ4n) is 1.12. The molecule has 1 aromatic carbocycles. The number of hydrogen-bond donors (Lipinski definition) is 1. The zero-order chi connectivity index (χ0) is 8.43. The molecule has 0 unspecified atom stereocenters. The van der Waals surface area contributed by atoms with E-state index in [4.69, 9.17) is 0 Å². The van der Waals surface area contributed by atoms with Gasteiger partial charge in [0.05, 0.1) is 9.52 Å². The van der Waals surface area contributed by atoms with E-state index in [1.165, 1.54) is 10.8 Å². The van der Waals surface area contributed by atoms with Gasteiger partial charge in [0, 0.05) is 0 Å². The maximum atomic E-state index is 9.43. The second kappa shape index (κ2) is 3.09. The summed E-state index contributed by atoms with van der Waals surface area (Å²) in [6, 6.07) is 4.08. The molecule has 60 valence electrons. The Morgan fingerprint density at radius 1 is 1.27 bits per heavy atom. The molecule has 0 heterocycles. The quantitative estimate of drug-likeness (QED) is 0.613. The number of benzene rings is 1. The lowest BCUT2D eigenvalue weighted by molar-refractivity contribution is 0.471. The fourth-order valence-corrected chi connectivity index (χ4v) is 2.03. The summed E-state index contributed by atoms with van der Waals surface area (Å²) in [6.45, 7) is 6.22. The molecular formula is C9H14OSi. The lowest BCUT2D eigenvalue weighted by Gasteiger charge is -2.05. The van der Waals surface area contributed by atoms with Gasteiger partial charge in [-0.25, -0.2) is 0 Å². The molecule has 0 aliphatic rings. The number of aromatic hydroxyl groups is 1. The second-order valence-electron chi connectivity index (χ2n) is 2.91. The third-order valence-electron chi connectivity index (χ3n) is 2.11. The van der Waals surface area contributed by atoms with Crippen molar-refractivity contribution >= 4 is 14.7 Å². The molecule has 11 heavy (non-hydrogen) atoms. The number of aryl methyl sites for hydroxylation is 1. The molecule has 2 heteroatoms. The number of hydrogen-bond acceptors (Lipinski definition) is 1. The first-order chi connectivity index (χ1) is 5.15. The van der Waals surface area contributed by atoms with Crippen LogP contribution in [0.4, 0.5) is 0 Å². The lowest BCUT2D eigenvalue weighted by atomic mass is 10.1. The molecule has 1 nitrogen and oxygen atoms in total. The van der Waals surface area contributed by atoms with Gasteiger partial charge in [0.15, 0.2) is 0 Å². The van der Waals surface area contributed by atoms with Crippen LogP contribution in [-0.2, 0) is 0 Å². The van der Waals surface area contributed by atoms with Gasteiger partial charge in [-0.3, -0.25) is 0 Å². The van der Waals surface area contributed by atoms with E-state index in [-0.39, 0.29) is 9.52 Å². The van der Waals surface area contributed by atoms with E-state index in [1.807, 2.05) is 19.9 Å². The predicted molar refractivity (Wildman–Crippen MR) is 51.6 cm³/mol. The average molecular weight is 166 g/mol. The summed E-state index contributed by atoms with van der Waals surface area (Å²) >= 11 is 0. The normalized spacial score (nSPS) is 11.2. The highest BCUT2D eigenvalue weighted by molar-refractivity contribution is 6.52. The predicted octanol–water partition coefficient (Wildman–Crippen LogP) is 0.851. The van der Waals surface area contributed by atoms with Gasteiger partial charge >= 0.3 is 0 Å². The van der Waals surface area contributed by atoms with Gasteiger partial charge in [-0.15, -0.1) is 0 Å². The van der Waals surface area contributed by atoms with Crippen LogP contribution in [0.5, 0.6) is 5.75 Å². The summed E-state index contributed by atoms with van der Waals surface area (Å²) in [5.41, 5.74) is 2.21. The van der Waals surface area contributed by atoms with Crippen molar-refractivity contribution in [3.05, 3.63) is 23.3 Å². The van der Waals surface area contributed by atoms with E-state index in [0.29, 0.717) is 5.75 Å². The molecule has 1 aromatic rings. The summed E-state index contributed by atoms with van der Waals surface area (Å²) in [4.78, 5) is 0. The minimum atomic E-state index is -0.127. The largest absolute Gasteiger partial charge is 0.508 e. The molecule has 0 aromatic heterocycles. The van der Waals surface area contributed by atoms with E-state index in [2.05, 4.69) is 12.6 Å². The number of rotatable bonds is 1. The van der Waals surface area contributed by atoms with Crippen LogP contribution in [0, 0.1) is 13.8 Å². The Morgan fingerprint density at radius 2 is 1.91 bits per heavy atom. The molecule has 0 aliphatic heterocycles. The first kappa shape index (κ1) is 8.33. The van der Waals surface area contributed by atoms with Crippen LogP contribution in [-0.4, -0.2) is 14.6 Å². The van der Waals surface area contributed by atoms with E-state index in [9.17, 15) is 5.11 Å². The molecule has 1 rings (SSSR count). The Hall–Kier alpha value is -0.763. The highest BCUT2D eigenvalue weighted by Crippen LogP contribution is 2.16. The smallest absolute Gasteiger partial charge is 0.118 e.